The second-order valence-corrected chi connectivity index (χ2v) is 2.25. The monoisotopic (exact) mass is 180 g/mol. The number of hydrogen-bond acceptors (Lipinski definition) is 5. The Hall–Kier alpha value is -2.05. The number of nitrogens with two attached hydrogens (primary N) is 1. The van der Waals surface area contributed by atoms with Crippen molar-refractivity contribution in [2.45, 2.75) is 0 Å². The average Bonchev–Trinajstić information content (AvgIpc) is 2.53. The molecule has 0 bridgehead atoms. The van der Waals surface area contributed by atoms with E-state index in [9.17, 15) is 4.39 Å². The number of anilines is 1. The van der Waals surface area contributed by atoms with Gasteiger partial charge in [-0.3, -0.25) is 0 Å². The molecule has 6 nitrogen and oxygen atoms in total. The first-order valence-corrected chi connectivity index (χ1v) is 3.41. The minimum atomic E-state index is -0.503. The first-order chi connectivity index (χ1) is 6.25. The van der Waals surface area contributed by atoms with Crippen LogP contribution in [-0.2, 0) is 0 Å². The molecule has 0 saturated carbocycles. The molecule has 2 heterocycles. The highest BCUT2D eigenvalue weighted by Gasteiger charge is 2.01. The van der Waals surface area contributed by atoms with Gasteiger partial charge in [0.1, 0.15) is 6.33 Å². The first-order valence-electron chi connectivity index (χ1n) is 3.41. The van der Waals surface area contributed by atoms with Crippen molar-refractivity contribution in [3.63, 3.8) is 0 Å². The summed E-state index contributed by atoms with van der Waals surface area (Å²) < 4.78 is 13.7. The summed E-state index contributed by atoms with van der Waals surface area (Å²) in [4.78, 5) is 11.0. The Morgan fingerprint density at radius 2 is 1.92 bits per heavy atom. The minimum Gasteiger partial charge on any atom is -0.366 e. The van der Waals surface area contributed by atoms with Gasteiger partial charge in [0.2, 0.25) is 5.95 Å². The average molecular weight is 180 g/mol. The van der Waals surface area contributed by atoms with Gasteiger partial charge in [-0.05, 0) is 0 Å². The summed E-state index contributed by atoms with van der Waals surface area (Å²) in [5.41, 5.74) is 5.27. The van der Waals surface area contributed by atoms with Crippen molar-refractivity contribution >= 4 is 5.95 Å². The van der Waals surface area contributed by atoms with E-state index in [1.54, 1.807) is 0 Å². The van der Waals surface area contributed by atoms with E-state index in [1.165, 1.54) is 11.0 Å². The summed E-state index contributed by atoms with van der Waals surface area (Å²) in [6.07, 6.45) is 3.43. The van der Waals surface area contributed by atoms with Gasteiger partial charge in [-0.1, -0.05) is 0 Å². The van der Waals surface area contributed by atoms with Crippen molar-refractivity contribution in [3.8, 4) is 5.95 Å². The van der Waals surface area contributed by atoms with E-state index < -0.39 is 5.82 Å². The number of nitrogen functional groups attached to an aromatic ring is 1. The fraction of sp³-hybridized carbons (Fsp3) is 0. The first kappa shape index (κ1) is 7.59. The molecule has 0 atom stereocenters. The van der Waals surface area contributed by atoms with Crippen molar-refractivity contribution in [3.05, 3.63) is 24.5 Å². The molecule has 0 saturated heterocycles. The minimum absolute atomic E-state index is 0.118. The lowest BCUT2D eigenvalue weighted by Gasteiger charge is -1.95. The lowest BCUT2D eigenvalue weighted by Crippen LogP contribution is -2.02. The second kappa shape index (κ2) is 2.77. The number of aromatic nitrogens is 5. The highest BCUT2D eigenvalue weighted by Crippen LogP contribution is 1.99. The lowest BCUT2D eigenvalue weighted by molar-refractivity contribution is 0.608. The molecule has 0 amide bonds. The Bertz CT molecular complexity index is 407. The molecule has 13 heavy (non-hydrogen) atoms. The Morgan fingerprint density at radius 1 is 1.23 bits per heavy atom. The van der Waals surface area contributed by atoms with Gasteiger partial charge in [0.25, 0.3) is 5.95 Å². The van der Waals surface area contributed by atoms with Crippen molar-refractivity contribution in [1.29, 1.82) is 0 Å². The van der Waals surface area contributed by atoms with E-state index in [0.29, 0.717) is 0 Å². The Morgan fingerprint density at radius 3 is 2.46 bits per heavy atom. The maximum Gasteiger partial charge on any atom is 0.252 e. The number of rotatable bonds is 1. The second-order valence-electron chi connectivity index (χ2n) is 2.25. The molecule has 2 aromatic heterocycles. The molecular formula is C6H5FN6. The lowest BCUT2D eigenvalue weighted by atomic mass is 10.6. The Kier molecular flexibility index (Phi) is 1.62. The zero-order chi connectivity index (χ0) is 9.26. The van der Waals surface area contributed by atoms with Crippen LogP contribution in [0.5, 0.6) is 0 Å². The number of hydrogen-bond donors (Lipinski definition) is 1. The Balaban J connectivity index is 2.41. The third kappa shape index (κ3) is 1.43. The zero-order valence-electron chi connectivity index (χ0n) is 6.42. The standard InChI is InChI=1S/C6H5FN6/c7-4-1-9-6(10-2-4)13-3-11-5(8)12-13/h1-3H,(H2,8,12). The van der Waals surface area contributed by atoms with Gasteiger partial charge >= 0.3 is 0 Å². The molecule has 0 aromatic carbocycles. The molecule has 2 N–H and O–H groups in total. The van der Waals surface area contributed by atoms with Gasteiger partial charge < -0.3 is 5.73 Å². The zero-order valence-corrected chi connectivity index (χ0v) is 6.42. The van der Waals surface area contributed by atoms with Gasteiger partial charge in [-0.25, -0.2) is 19.3 Å². The maximum absolute atomic E-state index is 12.4. The van der Waals surface area contributed by atoms with Crippen LogP contribution in [0.2, 0.25) is 0 Å². The summed E-state index contributed by atoms with van der Waals surface area (Å²) >= 11 is 0. The van der Waals surface area contributed by atoms with E-state index in [-0.39, 0.29) is 11.9 Å². The van der Waals surface area contributed by atoms with E-state index in [4.69, 9.17) is 5.73 Å². The fourth-order valence-corrected chi connectivity index (χ4v) is 0.796. The van der Waals surface area contributed by atoms with Gasteiger partial charge in [0.05, 0.1) is 12.4 Å². The van der Waals surface area contributed by atoms with Crippen LogP contribution in [0.3, 0.4) is 0 Å². The third-order valence-electron chi connectivity index (χ3n) is 1.32. The molecule has 2 aromatic rings. The molecule has 0 fully saturated rings. The van der Waals surface area contributed by atoms with Crippen LogP contribution >= 0.6 is 0 Å². The molecule has 0 aliphatic rings. The number of nitrogens with zero attached hydrogens (tertiary/aromatic N) is 5. The Labute approximate surface area is 72.3 Å². The molecule has 0 aliphatic carbocycles. The van der Waals surface area contributed by atoms with Crippen LogP contribution in [0.4, 0.5) is 10.3 Å². The summed E-state index contributed by atoms with van der Waals surface area (Å²) in [5.74, 6) is -0.157. The van der Waals surface area contributed by atoms with E-state index >= 15 is 0 Å². The van der Waals surface area contributed by atoms with Crippen molar-refractivity contribution in [1.82, 2.24) is 24.7 Å². The molecular weight excluding hydrogens is 175 g/mol. The fourth-order valence-electron chi connectivity index (χ4n) is 0.796. The summed E-state index contributed by atoms with van der Waals surface area (Å²) in [7, 11) is 0. The molecule has 0 spiro atoms. The number of halogens is 1. The smallest absolute Gasteiger partial charge is 0.252 e. The topological polar surface area (TPSA) is 82.5 Å². The van der Waals surface area contributed by atoms with Crippen LogP contribution in [0.15, 0.2) is 18.7 Å². The van der Waals surface area contributed by atoms with Crippen LogP contribution in [0.25, 0.3) is 5.95 Å². The quantitative estimate of drug-likeness (QED) is 0.655. The normalized spacial score (nSPS) is 10.2. The molecule has 7 heteroatoms. The predicted octanol–water partition coefficient (Wildman–Crippen LogP) is -0.221. The van der Waals surface area contributed by atoms with Crippen molar-refractivity contribution in [2.75, 3.05) is 5.73 Å². The third-order valence-corrected chi connectivity index (χ3v) is 1.32. The summed E-state index contributed by atoms with van der Waals surface area (Å²) in [6.45, 7) is 0. The van der Waals surface area contributed by atoms with E-state index in [0.717, 1.165) is 12.4 Å². The molecule has 0 aliphatic heterocycles. The summed E-state index contributed by atoms with van der Waals surface area (Å²) in [5, 5.41) is 3.75. The maximum atomic E-state index is 12.4. The molecule has 66 valence electrons. The van der Waals surface area contributed by atoms with Crippen LogP contribution in [0.1, 0.15) is 0 Å². The molecule has 0 radical (unpaired) electrons. The van der Waals surface area contributed by atoms with Crippen molar-refractivity contribution < 1.29 is 4.39 Å². The van der Waals surface area contributed by atoms with Gasteiger partial charge in [0, 0.05) is 0 Å². The van der Waals surface area contributed by atoms with Gasteiger partial charge in [-0.15, -0.1) is 5.10 Å². The predicted molar refractivity (Wildman–Crippen MR) is 41.3 cm³/mol. The SMILES string of the molecule is Nc1ncn(-c2ncc(F)cn2)n1. The molecule has 0 unspecified atom stereocenters. The van der Waals surface area contributed by atoms with Crippen molar-refractivity contribution in [2.24, 2.45) is 0 Å². The van der Waals surface area contributed by atoms with Crippen LogP contribution in [-0.4, -0.2) is 24.7 Å². The van der Waals surface area contributed by atoms with E-state index in [2.05, 4.69) is 20.1 Å². The highest BCUT2D eigenvalue weighted by molar-refractivity contribution is 5.15. The van der Waals surface area contributed by atoms with Crippen LogP contribution in [0, 0.1) is 5.82 Å². The van der Waals surface area contributed by atoms with Crippen LogP contribution < -0.4 is 5.73 Å². The largest absolute Gasteiger partial charge is 0.366 e. The highest BCUT2D eigenvalue weighted by atomic mass is 19.1. The van der Waals surface area contributed by atoms with Gasteiger partial charge in [0.15, 0.2) is 5.82 Å². The summed E-state index contributed by atoms with van der Waals surface area (Å²) in [6, 6.07) is 0. The molecule has 2 rings (SSSR count). The van der Waals surface area contributed by atoms with Gasteiger partial charge in [-0.2, -0.15) is 4.68 Å². The van der Waals surface area contributed by atoms with E-state index in [1.807, 2.05) is 0 Å².